The van der Waals surface area contributed by atoms with Crippen LogP contribution in [0.25, 0.3) is 0 Å². The SMILES string of the molecule is N#Cc1cccc(OCc2ccc(F)cc2C#CCN)c1. The number of hydrogen-bond donors (Lipinski definition) is 1. The lowest BCUT2D eigenvalue weighted by Crippen LogP contribution is -2.00. The van der Waals surface area contributed by atoms with Gasteiger partial charge in [-0.3, -0.25) is 0 Å². The van der Waals surface area contributed by atoms with Crippen molar-refractivity contribution < 1.29 is 9.13 Å². The van der Waals surface area contributed by atoms with Gasteiger partial charge in [-0.2, -0.15) is 5.26 Å². The monoisotopic (exact) mass is 280 g/mol. The Balaban J connectivity index is 2.18. The zero-order chi connectivity index (χ0) is 15.1. The van der Waals surface area contributed by atoms with E-state index in [2.05, 4.69) is 11.8 Å². The average Bonchev–Trinajstić information content (AvgIpc) is 2.52. The van der Waals surface area contributed by atoms with Crippen LogP contribution >= 0.6 is 0 Å². The van der Waals surface area contributed by atoms with E-state index in [1.165, 1.54) is 12.1 Å². The summed E-state index contributed by atoms with van der Waals surface area (Å²) in [5.74, 6) is 5.75. The number of nitrogens with two attached hydrogens (primary N) is 1. The molecule has 0 radical (unpaired) electrons. The molecular weight excluding hydrogens is 267 g/mol. The third kappa shape index (κ3) is 4.07. The van der Waals surface area contributed by atoms with Gasteiger partial charge in [0.2, 0.25) is 0 Å². The fourth-order valence-electron chi connectivity index (χ4n) is 1.75. The highest BCUT2D eigenvalue weighted by Crippen LogP contribution is 2.17. The Morgan fingerprint density at radius 2 is 2.05 bits per heavy atom. The molecule has 2 aromatic rings. The molecular formula is C17H13FN2O. The van der Waals surface area contributed by atoms with Crippen molar-refractivity contribution in [3.05, 3.63) is 65.0 Å². The van der Waals surface area contributed by atoms with Gasteiger partial charge in [-0.15, -0.1) is 0 Å². The van der Waals surface area contributed by atoms with Crippen LogP contribution in [-0.4, -0.2) is 6.54 Å². The first kappa shape index (κ1) is 14.6. The number of halogens is 1. The molecule has 3 nitrogen and oxygen atoms in total. The number of ether oxygens (including phenoxy) is 1. The van der Waals surface area contributed by atoms with Crippen LogP contribution in [-0.2, 0) is 6.61 Å². The van der Waals surface area contributed by atoms with Gasteiger partial charge in [0.15, 0.2) is 0 Å². The highest BCUT2D eigenvalue weighted by molar-refractivity contribution is 5.42. The lowest BCUT2D eigenvalue weighted by atomic mass is 10.1. The normalized spacial score (nSPS) is 9.38. The van der Waals surface area contributed by atoms with Gasteiger partial charge >= 0.3 is 0 Å². The molecule has 0 aromatic heterocycles. The first-order chi connectivity index (χ1) is 10.2. The summed E-state index contributed by atoms with van der Waals surface area (Å²) in [6.45, 7) is 0.449. The van der Waals surface area contributed by atoms with E-state index in [-0.39, 0.29) is 19.0 Å². The largest absolute Gasteiger partial charge is 0.489 e. The van der Waals surface area contributed by atoms with E-state index >= 15 is 0 Å². The van der Waals surface area contributed by atoms with Gasteiger partial charge in [-0.05, 0) is 30.3 Å². The minimum atomic E-state index is -0.355. The molecule has 21 heavy (non-hydrogen) atoms. The van der Waals surface area contributed by atoms with E-state index in [1.807, 2.05) is 6.07 Å². The second kappa shape index (κ2) is 7.09. The van der Waals surface area contributed by atoms with Crippen LogP contribution in [0, 0.1) is 29.0 Å². The molecule has 2 N–H and O–H groups in total. The van der Waals surface area contributed by atoms with Crippen molar-refractivity contribution in [2.45, 2.75) is 6.61 Å². The molecule has 104 valence electrons. The summed E-state index contributed by atoms with van der Waals surface area (Å²) in [6, 6.07) is 13.2. The third-order valence-electron chi connectivity index (χ3n) is 2.75. The van der Waals surface area contributed by atoms with Crippen LogP contribution in [0.2, 0.25) is 0 Å². The molecule has 0 unspecified atom stereocenters. The van der Waals surface area contributed by atoms with Gasteiger partial charge in [-0.1, -0.05) is 24.0 Å². The fourth-order valence-corrected chi connectivity index (χ4v) is 1.75. The minimum Gasteiger partial charge on any atom is -0.489 e. The number of nitrogens with zero attached hydrogens (tertiary/aromatic N) is 1. The molecule has 0 bridgehead atoms. The van der Waals surface area contributed by atoms with E-state index in [9.17, 15) is 4.39 Å². The molecule has 0 spiro atoms. The van der Waals surface area contributed by atoms with Crippen LogP contribution < -0.4 is 10.5 Å². The van der Waals surface area contributed by atoms with E-state index in [4.69, 9.17) is 15.7 Å². The summed E-state index contributed by atoms with van der Waals surface area (Å²) in [6.07, 6.45) is 0. The molecule has 0 aliphatic carbocycles. The van der Waals surface area contributed by atoms with E-state index in [0.717, 1.165) is 5.56 Å². The van der Waals surface area contributed by atoms with E-state index in [1.54, 1.807) is 30.3 Å². The average molecular weight is 280 g/mol. The predicted octanol–water partition coefficient (Wildman–Crippen LogP) is 2.59. The van der Waals surface area contributed by atoms with Crippen molar-refractivity contribution in [2.75, 3.05) is 6.54 Å². The molecule has 0 aliphatic heterocycles. The summed E-state index contributed by atoms with van der Waals surface area (Å²) < 4.78 is 18.9. The molecule has 4 heteroatoms. The highest BCUT2D eigenvalue weighted by atomic mass is 19.1. The van der Waals surface area contributed by atoms with Gasteiger partial charge in [0, 0.05) is 11.1 Å². The maximum absolute atomic E-state index is 13.3. The number of benzene rings is 2. The van der Waals surface area contributed by atoms with Crippen LogP contribution in [0.3, 0.4) is 0 Å². The number of rotatable bonds is 3. The molecule has 0 atom stereocenters. The Labute approximate surface area is 122 Å². The quantitative estimate of drug-likeness (QED) is 0.879. The van der Waals surface area contributed by atoms with Gasteiger partial charge in [-0.25, -0.2) is 4.39 Å². The molecule has 0 saturated carbocycles. The Bertz CT molecular complexity index is 738. The molecule has 0 amide bonds. The third-order valence-corrected chi connectivity index (χ3v) is 2.75. The summed E-state index contributed by atoms with van der Waals surface area (Å²) in [4.78, 5) is 0. The lowest BCUT2D eigenvalue weighted by molar-refractivity contribution is 0.305. The van der Waals surface area contributed by atoms with Gasteiger partial charge < -0.3 is 10.5 Å². The van der Waals surface area contributed by atoms with Crippen molar-refractivity contribution in [2.24, 2.45) is 5.73 Å². The van der Waals surface area contributed by atoms with Crippen LogP contribution in [0.4, 0.5) is 4.39 Å². The molecule has 2 rings (SSSR count). The van der Waals surface area contributed by atoms with Crippen molar-refractivity contribution in [3.63, 3.8) is 0 Å². The Kier molecular flexibility index (Phi) is 4.93. The van der Waals surface area contributed by atoms with Crippen LogP contribution in [0.1, 0.15) is 16.7 Å². The highest BCUT2D eigenvalue weighted by Gasteiger charge is 2.04. The first-order valence-electron chi connectivity index (χ1n) is 6.33. The smallest absolute Gasteiger partial charge is 0.124 e. The maximum Gasteiger partial charge on any atom is 0.124 e. The second-order valence-corrected chi connectivity index (χ2v) is 4.24. The minimum absolute atomic E-state index is 0.209. The topological polar surface area (TPSA) is 59.0 Å². The molecule has 0 aliphatic rings. The summed E-state index contributed by atoms with van der Waals surface area (Å²) in [7, 11) is 0. The zero-order valence-corrected chi connectivity index (χ0v) is 11.3. The molecule has 0 fully saturated rings. The lowest BCUT2D eigenvalue weighted by Gasteiger charge is -2.08. The van der Waals surface area contributed by atoms with E-state index < -0.39 is 0 Å². The van der Waals surface area contributed by atoms with Crippen LogP contribution in [0.5, 0.6) is 5.75 Å². The Morgan fingerprint density at radius 1 is 1.19 bits per heavy atom. The van der Waals surface area contributed by atoms with Gasteiger partial charge in [0.1, 0.15) is 18.2 Å². The number of hydrogen-bond acceptors (Lipinski definition) is 3. The van der Waals surface area contributed by atoms with Crippen LogP contribution in [0.15, 0.2) is 42.5 Å². The molecule has 0 heterocycles. The standard InChI is InChI=1S/C17H13FN2O/c18-16-7-6-15(14(10-16)4-2-8-19)12-21-17-5-1-3-13(9-17)11-20/h1,3,5-7,9-10H,8,12,19H2. The summed E-state index contributed by atoms with van der Waals surface area (Å²) >= 11 is 0. The fraction of sp³-hybridized carbons (Fsp3) is 0.118. The first-order valence-corrected chi connectivity index (χ1v) is 6.33. The van der Waals surface area contributed by atoms with E-state index in [0.29, 0.717) is 16.9 Å². The summed E-state index contributed by atoms with van der Waals surface area (Å²) in [5.41, 5.74) is 7.17. The zero-order valence-electron chi connectivity index (χ0n) is 11.3. The second-order valence-electron chi connectivity index (χ2n) is 4.24. The van der Waals surface area contributed by atoms with Gasteiger partial charge in [0.05, 0.1) is 18.2 Å². The number of nitriles is 1. The van der Waals surface area contributed by atoms with Gasteiger partial charge in [0.25, 0.3) is 0 Å². The molecule has 2 aromatic carbocycles. The van der Waals surface area contributed by atoms with Crippen molar-refractivity contribution in [3.8, 4) is 23.7 Å². The van der Waals surface area contributed by atoms with Crippen molar-refractivity contribution in [1.29, 1.82) is 5.26 Å². The Hall–Kier alpha value is -2.82. The van der Waals surface area contributed by atoms with Crippen molar-refractivity contribution in [1.82, 2.24) is 0 Å². The maximum atomic E-state index is 13.3. The molecule has 0 saturated heterocycles. The summed E-state index contributed by atoms with van der Waals surface area (Å²) in [5, 5.41) is 8.84. The Morgan fingerprint density at radius 3 is 2.81 bits per heavy atom. The predicted molar refractivity (Wildman–Crippen MR) is 77.8 cm³/mol. The van der Waals surface area contributed by atoms with Crippen molar-refractivity contribution >= 4 is 0 Å².